The number of hydrogen-bond acceptors (Lipinski definition) is 4. The lowest BCUT2D eigenvalue weighted by Gasteiger charge is -2.10. The zero-order valence-corrected chi connectivity index (χ0v) is 12.0. The van der Waals surface area contributed by atoms with Gasteiger partial charge in [0, 0.05) is 17.2 Å². The highest BCUT2D eigenvalue weighted by atomic mass is 32.2. The Morgan fingerprint density at radius 3 is 2.70 bits per heavy atom. The highest BCUT2D eigenvalue weighted by Crippen LogP contribution is 2.18. The molecule has 1 unspecified atom stereocenters. The van der Waals surface area contributed by atoms with E-state index in [1.807, 2.05) is 25.1 Å². The first kappa shape index (κ1) is 14.7. The van der Waals surface area contributed by atoms with Crippen LogP contribution in [0.3, 0.4) is 0 Å². The molecule has 20 heavy (non-hydrogen) atoms. The molecule has 0 amide bonds. The summed E-state index contributed by atoms with van der Waals surface area (Å²) in [4.78, 5) is 12.0. The number of carboxylic acids is 1. The molecule has 5 heteroatoms. The van der Waals surface area contributed by atoms with Crippen LogP contribution < -0.4 is 5.32 Å². The first-order valence-electron chi connectivity index (χ1n) is 6.41. The van der Waals surface area contributed by atoms with Crippen molar-refractivity contribution in [2.24, 2.45) is 0 Å². The van der Waals surface area contributed by atoms with Gasteiger partial charge in [0.25, 0.3) is 0 Å². The van der Waals surface area contributed by atoms with Gasteiger partial charge in [0.05, 0.1) is 6.04 Å². The summed E-state index contributed by atoms with van der Waals surface area (Å²) in [5, 5.41) is 12.1. The molecule has 2 N–H and O–H groups in total. The van der Waals surface area contributed by atoms with Crippen LogP contribution in [0.2, 0.25) is 0 Å². The maximum absolute atomic E-state index is 10.7. The molecule has 1 aromatic heterocycles. The maximum Gasteiger partial charge on any atom is 0.371 e. The van der Waals surface area contributed by atoms with Crippen molar-refractivity contribution in [3.05, 3.63) is 54.0 Å². The molecular formula is C15H17NO3S. The minimum Gasteiger partial charge on any atom is -0.475 e. The van der Waals surface area contributed by atoms with E-state index in [1.165, 1.54) is 11.0 Å². The Morgan fingerprint density at radius 2 is 2.05 bits per heavy atom. The lowest BCUT2D eigenvalue weighted by atomic mass is 10.2. The van der Waals surface area contributed by atoms with Crippen LogP contribution in [-0.2, 0) is 0 Å². The van der Waals surface area contributed by atoms with E-state index in [0.717, 1.165) is 12.3 Å². The minimum absolute atomic E-state index is 0.000488. The Bertz CT molecular complexity index is 553. The molecule has 0 aliphatic heterocycles. The number of benzene rings is 1. The third kappa shape index (κ3) is 4.15. The van der Waals surface area contributed by atoms with Crippen LogP contribution >= 0.6 is 11.8 Å². The van der Waals surface area contributed by atoms with Crippen LogP contribution in [0.5, 0.6) is 0 Å². The Morgan fingerprint density at radius 1 is 1.30 bits per heavy atom. The van der Waals surface area contributed by atoms with Crippen LogP contribution in [0.4, 0.5) is 0 Å². The number of hydrogen-bond donors (Lipinski definition) is 2. The maximum atomic E-state index is 10.7. The summed E-state index contributed by atoms with van der Waals surface area (Å²) in [6, 6.07) is 13.4. The molecule has 4 nitrogen and oxygen atoms in total. The van der Waals surface area contributed by atoms with Gasteiger partial charge in [0.1, 0.15) is 5.76 Å². The molecular weight excluding hydrogens is 274 g/mol. The second-order valence-corrected chi connectivity index (χ2v) is 5.51. The second-order valence-electron chi connectivity index (χ2n) is 4.34. The van der Waals surface area contributed by atoms with Crippen molar-refractivity contribution in [1.29, 1.82) is 0 Å². The standard InChI is InChI=1S/C15H17NO3S/c1-11(13-7-8-14(19-13)15(17)18)16-9-10-20-12-5-3-2-4-6-12/h2-8,11,16H,9-10H2,1H3,(H,17,18). The molecule has 0 saturated heterocycles. The SMILES string of the molecule is CC(NCCSc1ccccc1)c1ccc(C(=O)O)o1. The monoisotopic (exact) mass is 291 g/mol. The molecule has 2 aromatic rings. The van der Waals surface area contributed by atoms with Crippen LogP contribution in [0.25, 0.3) is 0 Å². The van der Waals surface area contributed by atoms with E-state index in [-0.39, 0.29) is 11.8 Å². The van der Waals surface area contributed by atoms with Gasteiger partial charge in [-0.1, -0.05) is 18.2 Å². The van der Waals surface area contributed by atoms with Crippen molar-refractivity contribution < 1.29 is 14.3 Å². The molecule has 1 aromatic carbocycles. The predicted molar refractivity (Wildman–Crippen MR) is 79.3 cm³/mol. The van der Waals surface area contributed by atoms with E-state index in [4.69, 9.17) is 9.52 Å². The number of nitrogens with one attached hydrogen (secondary N) is 1. The highest BCUT2D eigenvalue weighted by molar-refractivity contribution is 7.99. The van der Waals surface area contributed by atoms with Gasteiger partial charge in [-0.05, 0) is 31.2 Å². The summed E-state index contributed by atoms with van der Waals surface area (Å²) in [6.07, 6.45) is 0. The Hall–Kier alpha value is -1.72. The number of rotatable bonds is 7. The van der Waals surface area contributed by atoms with Crippen LogP contribution in [0.15, 0.2) is 51.8 Å². The minimum atomic E-state index is -1.04. The molecule has 1 atom stereocenters. The fourth-order valence-corrected chi connectivity index (χ4v) is 2.57. The van der Waals surface area contributed by atoms with E-state index in [0.29, 0.717) is 5.76 Å². The van der Waals surface area contributed by atoms with Crippen molar-refractivity contribution in [1.82, 2.24) is 5.32 Å². The topological polar surface area (TPSA) is 62.5 Å². The van der Waals surface area contributed by atoms with E-state index in [2.05, 4.69) is 17.4 Å². The van der Waals surface area contributed by atoms with Crippen molar-refractivity contribution >= 4 is 17.7 Å². The molecule has 0 saturated carbocycles. The van der Waals surface area contributed by atoms with Gasteiger partial charge in [0.15, 0.2) is 0 Å². The van der Waals surface area contributed by atoms with Gasteiger partial charge in [-0.2, -0.15) is 0 Å². The molecule has 0 bridgehead atoms. The molecule has 0 spiro atoms. The van der Waals surface area contributed by atoms with Crippen molar-refractivity contribution in [3.63, 3.8) is 0 Å². The van der Waals surface area contributed by atoms with Crippen molar-refractivity contribution in [2.75, 3.05) is 12.3 Å². The first-order valence-corrected chi connectivity index (χ1v) is 7.39. The third-order valence-electron chi connectivity index (χ3n) is 2.83. The van der Waals surface area contributed by atoms with E-state index >= 15 is 0 Å². The highest BCUT2D eigenvalue weighted by Gasteiger charge is 2.13. The summed E-state index contributed by atoms with van der Waals surface area (Å²) in [5.74, 6) is 0.531. The molecule has 106 valence electrons. The fourth-order valence-electron chi connectivity index (χ4n) is 1.76. The second kappa shape index (κ2) is 7.17. The lowest BCUT2D eigenvalue weighted by molar-refractivity contribution is 0.0659. The normalized spacial score (nSPS) is 12.2. The Kier molecular flexibility index (Phi) is 5.26. The number of carboxylic acid groups (broad SMARTS) is 1. The van der Waals surface area contributed by atoms with Crippen LogP contribution in [0.1, 0.15) is 29.3 Å². The zero-order valence-electron chi connectivity index (χ0n) is 11.2. The van der Waals surface area contributed by atoms with Gasteiger partial charge >= 0.3 is 5.97 Å². The van der Waals surface area contributed by atoms with E-state index in [9.17, 15) is 4.79 Å². The Labute approximate surface area is 122 Å². The number of carbonyl (C=O) groups is 1. The summed E-state index contributed by atoms with van der Waals surface area (Å²) in [6.45, 7) is 2.78. The van der Waals surface area contributed by atoms with E-state index < -0.39 is 5.97 Å². The molecule has 0 radical (unpaired) electrons. The summed E-state index contributed by atoms with van der Waals surface area (Å²) < 4.78 is 5.25. The van der Waals surface area contributed by atoms with Gasteiger partial charge in [-0.25, -0.2) is 4.79 Å². The van der Waals surface area contributed by atoms with Gasteiger partial charge < -0.3 is 14.8 Å². The Balaban J connectivity index is 1.74. The smallest absolute Gasteiger partial charge is 0.371 e. The number of thioether (sulfide) groups is 1. The molecule has 1 heterocycles. The van der Waals surface area contributed by atoms with Crippen LogP contribution in [0, 0.1) is 0 Å². The fraction of sp³-hybridized carbons (Fsp3) is 0.267. The number of aromatic carboxylic acids is 1. The number of furan rings is 1. The summed E-state index contributed by atoms with van der Waals surface area (Å²) in [5.41, 5.74) is 0. The quantitative estimate of drug-likeness (QED) is 0.604. The average Bonchev–Trinajstić information content (AvgIpc) is 2.94. The van der Waals surface area contributed by atoms with Crippen LogP contribution in [-0.4, -0.2) is 23.4 Å². The van der Waals surface area contributed by atoms with Crippen molar-refractivity contribution in [2.45, 2.75) is 17.9 Å². The predicted octanol–water partition coefficient (Wildman–Crippen LogP) is 3.42. The van der Waals surface area contributed by atoms with Gasteiger partial charge in [0.2, 0.25) is 5.76 Å². The molecule has 0 aliphatic rings. The lowest BCUT2D eigenvalue weighted by Crippen LogP contribution is -2.20. The average molecular weight is 291 g/mol. The largest absolute Gasteiger partial charge is 0.475 e. The summed E-state index contributed by atoms with van der Waals surface area (Å²) in [7, 11) is 0. The molecule has 0 aliphatic carbocycles. The van der Waals surface area contributed by atoms with Gasteiger partial charge in [-0.3, -0.25) is 0 Å². The van der Waals surface area contributed by atoms with E-state index in [1.54, 1.807) is 17.8 Å². The van der Waals surface area contributed by atoms with Gasteiger partial charge in [-0.15, -0.1) is 11.8 Å². The first-order chi connectivity index (χ1) is 9.66. The third-order valence-corrected chi connectivity index (χ3v) is 3.84. The van der Waals surface area contributed by atoms with Crippen molar-refractivity contribution in [3.8, 4) is 0 Å². The zero-order chi connectivity index (χ0) is 14.4. The summed E-state index contributed by atoms with van der Waals surface area (Å²) >= 11 is 1.78. The molecule has 2 rings (SSSR count). The molecule has 0 fully saturated rings.